The number of hydrogen-bond donors (Lipinski definition) is 4. The van der Waals surface area contributed by atoms with E-state index in [4.69, 9.17) is 0 Å². The maximum atomic E-state index is 14.4. The summed E-state index contributed by atoms with van der Waals surface area (Å²) in [5.74, 6) is -1.33. The number of nitrogens with one attached hydrogen (secondary N) is 4. The Morgan fingerprint density at radius 2 is 0.764 bits per heavy atom. The Morgan fingerprint density at radius 3 is 1.10 bits per heavy atom. The van der Waals surface area contributed by atoms with Crippen LogP contribution in [-0.4, -0.2) is 28.6 Å². The lowest BCUT2D eigenvalue weighted by atomic mass is 9.62. The molecule has 10 aliphatic heterocycles. The fourth-order valence-corrected chi connectivity index (χ4v) is 12.9. The number of aromatic nitrogens is 1. The van der Waals surface area contributed by atoms with Crippen LogP contribution in [0.2, 0.25) is 0 Å². The fraction of sp³-hybridized carbons (Fsp3) is 0.381. The number of amides is 4. The van der Waals surface area contributed by atoms with Crippen molar-refractivity contribution in [3.8, 4) is 0 Å². The maximum absolute atomic E-state index is 14.4. The van der Waals surface area contributed by atoms with Gasteiger partial charge in [-0.15, -0.1) is 0 Å². The van der Waals surface area contributed by atoms with Crippen molar-refractivity contribution in [1.29, 1.82) is 0 Å². The first-order valence-electron chi connectivity index (χ1n) is 26.0. The molecule has 0 atom stereocenters. The van der Waals surface area contributed by atoms with Gasteiger partial charge in [0.25, 0.3) is 23.6 Å². The predicted molar refractivity (Wildman–Crippen MR) is 293 cm³/mol. The SMILES string of the molecule is Cc1cc2cc(C)c1NC(=O)c1cccc(n1)C(=O)Nc1c(C)cc(cc1C)C1(CCCCC1)c1c(C)cc(cc1C)NC(=O)c1cc(cc(C(C)(C)C)c1)C(=O)Nc1cc(C)c(c(C)c1)C21CCCCC1. The number of carbonyl (C=O) groups is 4. The summed E-state index contributed by atoms with van der Waals surface area (Å²) in [4.78, 5) is 61.6. The van der Waals surface area contributed by atoms with E-state index in [1.807, 2.05) is 39.8 Å². The molecule has 4 amide bonds. The lowest BCUT2D eigenvalue weighted by Crippen LogP contribution is -2.33. The second-order valence-corrected chi connectivity index (χ2v) is 22.5. The van der Waals surface area contributed by atoms with Crippen molar-refractivity contribution in [3.63, 3.8) is 0 Å². The van der Waals surface area contributed by atoms with Gasteiger partial charge in [0, 0.05) is 44.7 Å². The molecule has 9 heteroatoms. The van der Waals surface area contributed by atoms with Crippen LogP contribution in [0.15, 0.2) is 84.9 Å². The average Bonchev–Trinajstić information content (AvgIpc) is 3.33. The van der Waals surface area contributed by atoms with E-state index in [-0.39, 0.29) is 51.3 Å². The van der Waals surface area contributed by atoms with Crippen molar-refractivity contribution >= 4 is 46.4 Å². The molecule has 2 saturated carbocycles. The molecule has 72 heavy (non-hydrogen) atoms. The second kappa shape index (κ2) is 19.3. The zero-order chi connectivity index (χ0) is 51.4. The third kappa shape index (κ3) is 9.39. The number of hydrogen-bond acceptors (Lipinski definition) is 5. The van der Waals surface area contributed by atoms with Crippen LogP contribution >= 0.6 is 0 Å². The number of rotatable bonds is 0. The van der Waals surface area contributed by atoms with E-state index in [9.17, 15) is 19.2 Å². The number of benzene rings is 5. The normalized spacial score (nSPS) is 17.0. The summed E-state index contributed by atoms with van der Waals surface area (Å²) in [5.41, 5.74) is 17.1. The molecule has 12 aliphatic rings. The van der Waals surface area contributed by atoms with Gasteiger partial charge in [-0.05, 0) is 213 Å². The Morgan fingerprint density at radius 1 is 0.417 bits per heavy atom. The van der Waals surface area contributed by atoms with Crippen LogP contribution in [0.5, 0.6) is 0 Å². The van der Waals surface area contributed by atoms with Gasteiger partial charge in [0.15, 0.2) is 0 Å². The van der Waals surface area contributed by atoms with Gasteiger partial charge in [0.05, 0.1) is 0 Å². The van der Waals surface area contributed by atoms with Crippen LogP contribution in [0.25, 0.3) is 0 Å². The summed E-state index contributed by atoms with van der Waals surface area (Å²) >= 11 is 0. The smallest absolute Gasteiger partial charge is 0.274 e. The molecule has 0 unspecified atom stereocenters. The first kappa shape index (κ1) is 50.1. The highest BCUT2D eigenvalue weighted by molar-refractivity contribution is 6.10. The molecule has 12 bridgehead atoms. The number of carbonyl (C=O) groups excluding carboxylic acids is 4. The minimum atomic E-state index is -0.386. The molecule has 2 spiro atoms. The molecule has 2 aliphatic carbocycles. The second-order valence-electron chi connectivity index (χ2n) is 22.5. The van der Waals surface area contributed by atoms with Crippen molar-refractivity contribution in [2.75, 3.05) is 21.3 Å². The molecule has 18 rings (SSSR count). The van der Waals surface area contributed by atoms with E-state index >= 15 is 0 Å². The molecule has 6 aromatic rings. The van der Waals surface area contributed by atoms with E-state index in [0.29, 0.717) is 22.5 Å². The highest BCUT2D eigenvalue weighted by Crippen LogP contribution is 2.51. The predicted octanol–water partition coefficient (Wildman–Crippen LogP) is 14.7. The van der Waals surface area contributed by atoms with Gasteiger partial charge < -0.3 is 21.3 Å². The van der Waals surface area contributed by atoms with Gasteiger partial charge in [0.1, 0.15) is 11.4 Å². The Hall–Kier alpha value is -6.87. The van der Waals surface area contributed by atoms with Crippen molar-refractivity contribution in [2.24, 2.45) is 0 Å². The van der Waals surface area contributed by atoms with Gasteiger partial charge in [-0.2, -0.15) is 0 Å². The van der Waals surface area contributed by atoms with E-state index < -0.39 is 0 Å². The van der Waals surface area contributed by atoms with E-state index in [2.05, 4.69) is 123 Å². The summed E-state index contributed by atoms with van der Waals surface area (Å²) in [6, 6.07) is 27.7. The highest BCUT2D eigenvalue weighted by Gasteiger charge is 2.40. The monoisotopic (exact) mass is 962 g/mol. The standard InChI is InChI=1S/C63H71N5O4/c1-36-29-49-30-37(2)53(36)62(21-14-12-15-22-62)47-25-40(5)55(41(6)26-47)67-59(71)51-19-18-20-52(66-51)60(72)68-56-42(7)27-48(28-43(56)8)63(23-16-13-17-24-63)54-38(3)31-50(32-39(54)4)65-58(70)45-33-44(57(69)64-49)34-46(35-45)61(9,10)11/h18-20,25-35H,12-17,21-24H2,1-11H3,(H,64,69)(H,65,70)(H,67,71)(H,68,72). The summed E-state index contributed by atoms with van der Waals surface area (Å²) < 4.78 is 0. The Kier molecular flexibility index (Phi) is 13.4. The van der Waals surface area contributed by atoms with Crippen LogP contribution in [0.4, 0.5) is 22.7 Å². The fourth-order valence-electron chi connectivity index (χ4n) is 12.9. The quantitative estimate of drug-likeness (QED) is 0.120. The maximum Gasteiger partial charge on any atom is 0.274 e. The lowest BCUT2D eigenvalue weighted by molar-refractivity contribution is 0.100. The van der Waals surface area contributed by atoms with Crippen LogP contribution < -0.4 is 21.3 Å². The molecular weight excluding hydrogens is 891 g/mol. The molecule has 9 nitrogen and oxygen atoms in total. The van der Waals surface area contributed by atoms with Crippen LogP contribution in [-0.2, 0) is 16.2 Å². The highest BCUT2D eigenvalue weighted by atomic mass is 16.2. The van der Waals surface area contributed by atoms with Gasteiger partial charge in [-0.3, -0.25) is 19.2 Å². The first-order chi connectivity index (χ1) is 34.2. The Balaban J connectivity index is 1.17. The van der Waals surface area contributed by atoms with Crippen molar-refractivity contribution < 1.29 is 19.2 Å². The molecule has 0 radical (unpaired) electrons. The van der Waals surface area contributed by atoms with Gasteiger partial charge in [-0.1, -0.05) is 89.6 Å². The lowest BCUT2D eigenvalue weighted by Gasteiger charge is -2.41. The van der Waals surface area contributed by atoms with Gasteiger partial charge in [0.2, 0.25) is 0 Å². The summed E-state index contributed by atoms with van der Waals surface area (Å²) in [6.45, 7) is 23.0. The van der Waals surface area contributed by atoms with Crippen molar-refractivity contribution in [3.05, 3.63) is 180 Å². The third-order valence-corrected chi connectivity index (χ3v) is 16.1. The summed E-state index contributed by atoms with van der Waals surface area (Å²) in [5, 5.41) is 12.8. The minimum Gasteiger partial charge on any atom is -0.322 e. The van der Waals surface area contributed by atoms with Crippen molar-refractivity contribution in [1.82, 2.24) is 4.98 Å². The largest absolute Gasteiger partial charge is 0.322 e. The number of anilines is 4. The molecule has 372 valence electrons. The zero-order valence-corrected chi connectivity index (χ0v) is 44.2. The Labute approximate surface area is 426 Å². The molecule has 11 heterocycles. The zero-order valence-electron chi connectivity index (χ0n) is 44.2. The molecule has 1 aromatic heterocycles. The molecule has 4 N–H and O–H groups in total. The first-order valence-corrected chi connectivity index (χ1v) is 26.0. The molecular formula is C63H71N5O4. The van der Waals surface area contributed by atoms with Gasteiger partial charge in [-0.25, -0.2) is 4.98 Å². The summed E-state index contributed by atoms with van der Waals surface area (Å²) in [7, 11) is 0. The summed E-state index contributed by atoms with van der Waals surface area (Å²) in [6.07, 6.45) is 10.5. The molecule has 0 saturated heterocycles. The topological polar surface area (TPSA) is 129 Å². The van der Waals surface area contributed by atoms with E-state index in [0.717, 1.165) is 126 Å². The van der Waals surface area contributed by atoms with Crippen LogP contribution in [0, 0.1) is 55.4 Å². The molecule has 5 aromatic carbocycles. The number of nitrogens with zero attached hydrogens (tertiary/aromatic N) is 1. The molecule has 2 fully saturated rings. The van der Waals surface area contributed by atoms with E-state index in [1.165, 1.54) is 22.3 Å². The number of pyridine rings is 1. The van der Waals surface area contributed by atoms with Crippen LogP contribution in [0.3, 0.4) is 0 Å². The number of aryl methyl sites for hydroxylation is 8. The minimum absolute atomic E-state index is 0.153. The Bertz CT molecular complexity index is 2910. The average molecular weight is 962 g/mol. The van der Waals surface area contributed by atoms with Gasteiger partial charge >= 0.3 is 0 Å². The van der Waals surface area contributed by atoms with Crippen LogP contribution in [0.1, 0.15) is 199 Å². The van der Waals surface area contributed by atoms with Crippen molar-refractivity contribution in [2.45, 2.75) is 157 Å². The van der Waals surface area contributed by atoms with E-state index in [1.54, 1.807) is 24.3 Å². The third-order valence-electron chi connectivity index (χ3n) is 16.1.